The van der Waals surface area contributed by atoms with Crippen LogP contribution in [0.1, 0.15) is 32.3 Å². The van der Waals surface area contributed by atoms with Gasteiger partial charge in [0.25, 0.3) is 0 Å². The van der Waals surface area contributed by atoms with Gasteiger partial charge in [0, 0.05) is 24.8 Å². The number of aliphatic hydroxyl groups excluding tert-OH is 1. The molecule has 0 aliphatic heterocycles. The average molecular weight is 211 g/mol. The number of hydrogen-bond donors (Lipinski definition) is 2. The second kappa shape index (κ2) is 6.58. The predicted molar refractivity (Wildman–Crippen MR) is 60.5 cm³/mol. The number of nitrogens with zero attached hydrogens (tertiary/aromatic N) is 2. The Balaban J connectivity index is 2.19. The maximum absolute atomic E-state index is 9.07. The number of aryl methyl sites for hydroxylation is 1. The molecule has 0 aromatic carbocycles. The zero-order chi connectivity index (χ0) is 11.1. The largest absolute Gasteiger partial charge is 0.393 e. The third-order valence-electron chi connectivity index (χ3n) is 2.21. The number of hydrogen-bond acceptors (Lipinski definition) is 3. The monoisotopic (exact) mass is 211 g/mol. The molecular weight excluding hydrogens is 190 g/mol. The van der Waals surface area contributed by atoms with E-state index in [1.54, 1.807) is 6.92 Å². The molecule has 86 valence electrons. The van der Waals surface area contributed by atoms with Gasteiger partial charge in [0.05, 0.1) is 12.3 Å². The average Bonchev–Trinajstić information content (AvgIpc) is 2.61. The Hall–Kier alpha value is -0.870. The van der Waals surface area contributed by atoms with E-state index >= 15 is 0 Å². The molecule has 2 N–H and O–H groups in total. The van der Waals surface area contributed by atoms with Crippen LogP contribution >= 0.6 is 0 Å². The summed E-state index contributed by atoms with van der Waals surface area (Å²) in [6.45, 7) is 6.60. The molecule has 1 atom stereocenters. The summed E-state index contributed by atoms with van der Waals surface area (Å²) < 4.78 is 1.96. The van der Waals surface area contributed by atoms with Gasteiger partial charge in [-0.3, -0.25) is 4.68 Å². The first-order chi connectivity index (χ1) is 7.22. The molecule has 0 bridgehead atoms. The van der Waals surface area contributed by atoms with Gasteiger partial charge in [-0.1, -0.05) is 6.92 Å². The van der Waals surface area contributed by atoms with Crippen LogP contribution in [-0.4, -0.2) is 27.5 Å². The Bertz CT molecular complexity index is 271. The summed E-state index contributed by atoms with van der Waals surface area (Å²) in [7, 11) is 0. The van der Waals surface area contributed by atoms with Gasteiger partial charge < -0.3 is 10.4 Å². The molecule has 1 aromatic heterocycles. The lowest BCUT2D eigenvalue weighted by molar-refractivity contribution is 0.183. The number of aromatic nitrogens is 2. The van der Waals surface area contributed by atoms with Crippen LogP contribution in [0.15, 0.2) is 12.4 Å². The highest BCUT2D eigenvalue weighted by Gasteiger charge is 1.98. The number of nitrogens with one attached hydrogen (secondary N) is 1. The van der Waals surface area contributed by atoms with Gasteiger partial charge in [-0.2, -0.15) is 5.10 Å². The Labute approximate surface area is 91.3 Å². The minimum Gasteiger partial charge on any atom is -0.393 e. The van der Waals surface area contributed by atoms with Crippen LogP contribution < -0.4 is 5.32 Å². The Kier molecular flexibility index (Phi) is 5.36. The lowest BCUT2D eigenvalue weighted by Gasteiger charge is -2.04. The van der Waals surface area contributed by atoms with Crippen molar-refractivity contribution in [3.05, 3.63) is 18.0 Å². The lowest BCUT2D eigenvalue weighted by atomic mass is 10.3. The lowest BCUT2D eigenvalue weighted by Crippen LogP contribution is -2.18. The molecule has 4 nitrogen and oxygen atoms in total. The van der Waals surface area contributed by atoms with E-state index in [1.165, 1.54) is 5.56 Å². The quantitative estimate of drug-likeness (QED) is 0.665. The van der Waals surface area contributed by atoms with E-state index < -0.39 is 0 Å². The molecule has 0 saturated heterocycles. The third-order valence-corrected chi connectivity index (χ3v) is 2.21. The number of rotatable bonds is 7. The fraction of sp³-hybridized carbons (Fsp3) is 0.727. The van der Waals surface area contributed by atoms with Crippen molar-refractivity contribution in [3.8, 4) is 0 Å². The highest BCUT2D eigenvalue weighted by molar-refractivity contribution is 5.03. The molecule has 0 spiro atoms. The highest BCUT2D eigenvalue weighted by atomic mass is 16.3. The van der Waals surface area contributed by atoms with Gasteiger partial charge in [-0.15, -0.1) is 0 Å². The zero-order valence-electron chi connectivity index (χ0n) is 9.61. The first kappa shape index (κ1) is 12.2. The first-order valence-corrected chi connectivity index (χ1v) is 5.62. The fourth-order valence-electron chi connectivity index (χ4n) is 1.39. The normalized spacial score (nSPS) is 13.0. The van der Waals surface area contributed by atoms with Crippen molar-refractivity contribution in [1.82, 2.24) is 15.1 Å². The van der Waals surface area contributed by atoms with Crippen LogP contribution in [0.2, 0.25) is 0 Å². The first-order valence-electron chi connectivity index (χ1n) is 5.62. The van der Waals surface area contributed by atoms with E-state index in [0.29, 0.717) is 0 Å². The molecule has 0 fully saturated rings. The van der Waals surface area contributed by atoms with E-state index in [1.807, 2.05) is 10.9 Å². The van der Waals surface area contributed by atoms with E-state index in [0.717, 1.165) is 32.5 Å². The molecule has 0 radical (unpaired) electrons. The van der Waals surface area contributed by atoms with Crippen molar-refractivity contribution in [2.75, 3.05) is 6.54 Å². The summed E-state index contributed by atoms with van der Waals surface area (Å²) in [4.78, 5) is 0. The molecule has 0 aliphatic rings. The van der Waals surface area contributed by atoms with Crippen molar-refractivity contribution in [1.29, 1.82) is 0 Å². The Morgan fingerprint density at radius 1 is 1.60 bits per heavy atom. The minimum absolute atomic E-state index is 0.222. The second-order valence-corrected chi connectivity index (χ2v) is 3.93. The van der Waals surface area contributed by atoms with Crippen LogP contribution in [0, 0.1) is 0 Å². The summed E-state index contributed by atoms with van der Waals surface area (Å²) in [5.41, 5.74) is 1.20. The summed E-state index contributed by atoms with van der Waals surface area (Å²) in [5.74, 6) is 0. The molecular formula is C11H21N3O. The van der Waals surface area contributed by atoms with E-state index in [4.69, 9.17) is 5.11 Å². The Morgan fingerprint density at radius 2 is 2.40 bits per heavy atom. The van der Waals surface area contributed by atoms with Gasteiger partial charge in [-0.05, 0) is 26.3 Å². The topological polar surface area (TPSA) is 50.1 Å². The van der Waals surface area contributed by atoms with Crippen molar-refractivity contribution >= 4 is 0 Å². The smallest absolute Gasteiger partial charge is 0.0534 e. The molecule has 4 heteroatoms. The van der Waals surface area contributed by atoms with Crippen LogP contribution in [0.25, 0.3) is 0 Å². The molecule has 1 heterocycles. The van der Waals surface area contributed by atoms with Gasteiger partial charge in [0.15, 0.2) is 0 Å². The predicted octanol–water partition coefficient (Wildman–Crippen LogP) is 1.15. The maximum atomic E-state index is 9.07. The van der Waals surface area contributed by atoms with Crippen LogP contribution in [-0.2, 0) is 13.1 Å². The summed E-state index contributed by atoms with van der Waals surface area (Å²) >= 11 is 0. The van der Waals surface area contributed by atoms with E-state index in [-0.39, 0.29) is 6.10 Å². The molecule has 1 unspecified atom stereocenters. The van der Waals surface area contributed by atoms with Crippen molar-refractivity contribution in [2.45, 2.75) is 45.9 Å². The summed E-state index contributed by atoms with van der Waals surface area (Å²) in [6.07, 6.45) is 5.64. The van der Waals surface area contributed by atoms with Crippen LogP contribution in [0.4, 0.5) is 0 Å². The highest BCUT2D eigenvalue weighted by Crippen LogP contribution is 1.98. The summed E-state index contributed by atoms with van der Waals surface area (Å²) in [5, 5.41) is 16.6. The minimum atomic E-state index is -0.222. The maximum Gasteiger partial charge on any atom is 0.0534 e. The number of aliphatic hydroxyl groups is 1. The Morgan fingerprint density at radius 3 is 3.07 bits per heavy atom. The SMILES string of the molecule is CCCn1cc(CNCCC(C)O)cn1. The molecule has 1 aromatic rings. The van der Waals surface area contributed by atoms with Gasteiger partial charge in [0.2, 0.25) is 0 Å². The zero-order valence-corrected chi connectivity index (χ0v) is 9.61. The van der Waals surface area contributed by atoms with Crippen molar-refractivity contribution in [3.63, 3.8) is 0 Å². The van der Waals surface area contributed by atoms with Crippen LogP contribution in [0.5, 0.6) is 0 Å². The summed E-state index contributed by atoms with van der Waals surface area (Å²) in [6, 6.07) is 0. The molecule has 0 amide bonds. The fourth-order valence-corrected chi connectivity index (χ4v) is 1.39. The van der Waals surface area contributed by atoms with Gasteiger partial charge in [-0.25, -0.2) is 0 Å². The van der Waals surface area contributed by atoms with Crippen molar-refractivity contribution < 1.29 is 5.11 Å². The van der Waals surface area contributed by atoms with E-state index in [2.05, 4.69) is 23.5 Å². The standard InChI is InChI=1S/C11H21N3O/c1-3-6-14-9-11(8-13-14)7-12-5-4-10(2)15/h8-10,12,15H,3-7H2,1-2H3. The van der Waals surface area contributed by atoms with Gasteiger partial charge in [0.1, 0.15) is 0 Å². The van der Waals surface area contributed by atoms with Crippen LogP contribution in [0.3, 0.4) is 0 Å². The van der Waals surface area contributed by atoms with Gasteiger partial charge >= 0.3 is 0 Å². The van der Waals surface area contributed by atoms with E-state index in [9.17, 15) is 0 Å². The molecule has 15 heavy (non-hydrogen) atoms. The molecule has 0 aliphatic carbocycles. The second-order valence-electron chi connectivity index (χ2n) is 3.93. The van der Waals surface area contributed by atoms with Crippen molar-refractivity contribution in [2.24, 2.45) is 0 Å². The molecule has 1 rings (SSSR count). The molecule has 0 saturated carbocycles. The third kappa shape index (κ3) is 4.95.